The van der Waals surface area contributed by atoms with Gasteiger partial charge in [0.1, 0.15) is 11.4 Å². The zero-order valence-corrected chi connectivity index (χ0v) is 14.4. The summed E-state index contributed by atoms with van der Waals surface area (Å²) in [5.41, 5.74) is 1.94. The molecule has 0 saturated carbocycles. The minimum atomic E-state index is -3.98. The lowest BCUT2D eigenvalue weighted by Gasteiger charge is -2.25. The molecule has 0 fully saturated rings. The second kappa shape index (κ2) is 5.42. The minimum Gasteiger partial charge on any atom is -0.307 e. The topological polar surface area (TPSA) is 74.8 Å². The number of anilines is 1. The number of carbonyl (C=O) groups excluding carboxylic acids is 2. The maximum absolute atomic E-state index is 12.8. The Balaban J connectivity index is 1.66. The first-order chi connectivity index (χ1) is 11.9. The zero-order chi connectivity index (χ0) is 17.8. The van der Waals surface area contributed by atoms with E-state index >= 15 is 0 Å². The van der Waals surface area contributed by atoms with E-state index in [1.165, 1.54) is 12.1 Å². The Morgan fingerprint density at radius 3 is 2.56 bits per heavy atom. The molecule has 2 aromatic rings. The number of nitrogens with zero attached hydrogens (tertiary/aromatic N) is 2. The average molecular weight is 356 g/mol. The number of amides is 2. The molecule has 25 heavy (non-hydrogen) atoms. The molecule has 6 nitrogen and oxygen atoms in total. The van der Waals surface area contributed by atoms with Crippen molar-refractivity contribution in [3.8, 4) is 0 Å². The highest BCUT2D eigenvalue weighted by Gasteiger charge is 2.43. The van der Waals surface area contributed by atoms with Crippen LogP contribution >= 0.6 is 0 Å². The monoisotopic (exact) mass is 356 g/mol. The second-order valence-corrected chi connectivity index (χ2v) is 8.09. The molecule has 2 aliphatic rings. The van der Waals surface area contributed by atoms with Gasteiger partial charge < -0.3 is 4.90 Å². The largest absolute Gasteiger partial charge is 0.307 e. The van der Waals surface area contributed by atoms with Crippen LogP contribution in [0.4, 0.5) is 5.69 Å². The quantitative estimate of drug-likeness (QED) is 0.822. The molecule has 2 aromatic carbocycles. The standard InChI is InChI=1S/C18H16N2O4S/c1-12-10-13-6-2-4-8-15(13)20(12)17(21)11-19-18(22)14-7-3-5-9-16(14)25(19,23)24/h2-9,12H,10-11H2,1H3. The molecule has 2 heterocycles. The van der Waals surface area contributed by atoms with Gasteiger partial charge in [-0.15, -0.1) is 0 Å². The van der Waals surface area contributed by atoms with E-state index in [9.17, 15) is 18.0 Å². The predicted molar refractivity (Wildman–Crippen MR) is 91.8 cm³/mol. The highest BCUT2D eigenvalue weighted by atomic mass is 32.2. The van der Waals surface area contributed by atoms with Gasteiger partial charge in [0.25, 0.3) is 15.9 Å². The molecule has 1 atom stereocenters. The molecule has 0 radical (unpaired) electrons. The van der Waals surface area contributed by atoms with Crippen LogP contribution in [0.2, 0.25) is 0 Å². The molecule has 2 aliphatic heterocycles. The first kappa shape index (κ1) is 15.8. The number of carbonyl (C=O) groups is 2. The summed E-state index contributed by atoms with van der Waals surface area (Å²) in [5, 5.41) is 0. The van der Waals surface area contributed by atoms with Gasteiger partial charge in [-0.25, -0.2) is 12.7 Å². The zero-order valence-electron chi connectivity index (χ0n) is 13.5. The van der Waals surface area contributed by atoms with Crippen LogP contribution in [0.5, 0.6) is 0 Å². The van der Waals surface area contributed by atoms with E-state index < -0.39 is 28.4 Å². The lowest BCUT2D eigenvalue weighted by molar-refractivity contribution is -0.118. The van der Waals surface area contributed by atoms with Gasteiger partial charge in [0, 0.05) is 11.7 Å². The maximum Gasteiger partial charge on any atom is 0.269 e. The summed E-state index contributed by atoms with van der Waals surface area (Å²) in [4.78, 5) is 26.8. The second-order valence-electron chi connectivity index (χ2n) is 6.26. The summed E-state index contributed by atoms with van der Waals surface area (Å²) in [7, 11) is -3.98. The van der Waals surface area contributed by atoms with E-state index in [2.05, 4.69) is 0 Å². The predicted octanol–water partition coefficient (Wildman–Crippen LogP) is 1.81. The van der Waals surface area contributed by atoms with Crippen LogP contribution in [-0.2, 0) is 21.2 Å². The van der Waals surface area contributed by atoms with Gasteiger partial charge in [-0.3, -0.25) is 9.59 Å². The van der Waals surface area contributed by atoms with E-state index in [1.54, 1.807) is 17.0 Å². The van der Waals surface area contributed by atoms with E-state index in [1.807, 2.05) is 31.2 Å². The van der Waals surface area contributed by atoms with Crippen molar-refractivity contribution in [1.82, 2.24) is 4.31 Å². The van der Waals surface area contributed by atoms with Gasteiger partial charge >= 0.3 is 0 Å². The number of benzene rings is 2. The molecule has 1 unspecified atom stereocenters. The van der Waals surface area contributed by atoms with E-state index in [-0.39, 0.29) is 16.5 Å². The minimum absolute atomic E-state index is 0.0392. The molecule has 0 aromatic heterocycles. The fraction of sp³-hybridized carbons (Fsp3) is 0.222. The fourth-order valence-corrected chi connectivity index (χ4v) is 5.05. The Kier molecular flexibility index (Phi) is 3.43. The molecule has 4 rings (SSSR count). The maximum atomic E-state index is 12.8. The van der Waals surface area contributed by atoms with Crippen LogP contribution in [0.25, 0.3) is 0 Å². The molecule has 0 aliphatic carbocycles. The summed E-state index contributed by atoms with van der Waals surface area (Å²) in [5.74, 6) is -1.05. The molecule has 2 amide bonds. The lowest BCUT2D eigenvalue weighted by Crippen LogP contribution is -2.45. The Bertz CT molecular complexity index is 1000. The number of hydrogen-bond acceptors (Lipinski definition) is 4. The Labute approximate surface area is 145 Å². The number of para-hydroxylation sites is 1. The highest BCUT2D eigenvalue weighted by molar-refractivity contribution is 7.90. The third-order valence-corrected chi connectivity index (χ3v) is 6.45. The molecule has 0 bridgehead atoms. The first-order valence-corrected chi connectivity index (χ1v) is 9.41. The van der Waals surface area contributed by atoms with Gasteiger partial charge in [-0.1, -0.05) is 30.3 Å². The van der Waals surface area contributed by atoms with Gasteiger partial charge in [0.2, 0.25) is 5.91 Å². The third kappa shape index (κ3) is 2.26. The first-order valence-electron chi connectivity index (χ1n) is 7.97. The van der Waals surface area contributed by atoms with E-state index in [4.69, 9.17) is 0 Å². The van der Waals surface area contributed by atoms with Crippen molar-refractivity contribution in [2.45, 2.75) is 24.3 Å². The van der Waals surface area contributed by atoms with Crippen LogP contribution in [-0.4, -0.2) is 37.1 Å². The van der Waals surface area contributed by atoms with Gasteiger partial charge in [-0.05, 0) is 37.1 Å². The Morgan fingerprint density at radius 2 is 1.80 bits per heavy atom. The third-order valence-electron chi connectivity index (χ3n) is 4.67. The highest BCUT2D eigenvalue weighted by Crippen LogP contribution is 2.34. The van der Waals surface area contributed by atoms with Crippen molar-refractivity contribution in [2.75, 3.05) is 11.4 Å². The summed E-state index contributed by atoms with van der Waals surface area (Å²) in [6, 6.07) is 13.5. The van der Waals surface area contributed by atoms with Crippen LogP contribution in [0, 0.1) is 0 Å². The summed E-state index contributed by atoms with van der Waals surface area (Å²) in [6.45, 7) is 1.42. The Hall–Kier alpha value is -2.67. The molecule has 7 heteroatoms. The number of rotatable bonds is 2. The van der Waals surface area contributed by atoms with Crippen molar-refractivity contribution >= 4 is 27.5 Å². The normalized spacial score (nSPS) is 20.5. The van der Waals surface area contributed by atoms with Gasteiger partial charge in [-0.2, -0.15) is 0 Å². The van der Waals surface area contributed by atoms with Gasteiger partial charge in [0.05, 0.1) is 5.56 Å². The average Bonchev–Trinajstić information content (AvgIpc) is 3.02. The Morgan fingerprint density at radius 1 is 1.12 bits per heavy atom. The van der Waals surface area contributed by atoms with Crippen LogP contribution in [0.3, 0.4) is 0 Å². The van der Waals surface area contributed by atoms with Crippen molar-refractivity contribution in [2.24, 2.45) is 0 Å². The van der Waals surface area contributed by atoms with Crippen LogP contribution in [0.15, 0.2) is 53.4 Å². The van der Waals surface area contributed by atoms with Crippen molar-refractivity contribution < 1.29 is 18.0 Å². The summed E-state index contributed by atoms with van der Waals surface area (Å²) < 4.78 is 25.9. The van der Waals surface area contributed by atoms with Crippen LogP contribution < -0.4 is 4.90 Å². The lowest BCUT2D eigenvalue weighted by atomic mass is 10.1. The summed E-state index contributed by atoms with van der Waals surface area (Å²) >= 11 is 0. The summed E-state index contributed by atoms with van der Waals surface area (Å²) in [6.07, 6.45) is 0.711. The van der Waals surface area contributed by atoms with Crippen LogP contribution in [0.1, 0.15) is 22.8 Å². The fourth-order valence-electron chi connectivity index (χ4n) is 3.53. The molecule has 0 N–H and O–H groups in total. The number of fused-ring (bicyclic) bond motifs is 2. The van der Waals surface area contributed by atoms with E-state index in [0.717, 1.165) is 11.3 Å². The van der Waals surface area contributed by atoms with E-state index in [0.29, 0.717) is 10.7 Å². The molecule has 128 valence electrons. The SMILES string of the molecule is CC1Cc2ccccc2N1C(=O)CN1C(=O)c2ccccc2S1(=O)=O. The molecule has 0 saturated heterocycles. The number of sulfonamides is 1. The molecular formula is C18H16N2O4S. The number of hydrogen-bond donors (Lipinski definition) is 0. The van der Waals surface area contributed by atoms with Gasteiger partial charge in [0.15, 0.2) is 0 Å². The smallest absolute Gasteiger partial charge is 0.269 e. The molecular weight excluding hydrogens is 340 g/mol. The molecule has 0 spiro atoms. The van der Waals surface area contributed by atoms with Crippen molar-refractivity contribution in [1.29, 1.82) is 0 Å². The van der Waals surface area contributed by atoms with Crippen molar-refractivity contribution in [3.63, 3.8) is 0 Å². The van der Waals surface area contributed by atoms with Crippen molar-refractivity contribution in [3.05, 3.63) is 59.7 Å².